The van der Waals surface area contributed by atoms with Crippen LogP contribution in [0.4, 0.5) is 29.3 Å². The molecule has 0 atom stereocenters. The number of rotatable bonds is 5. The van der Waals surface area contributed by atoms with Crippen molar-refractivity contribution in [2.24, 2.45) is 0 Å². The Morgan fingerprint density at radius 3 is 2.46 bits per heavy atom. The number of nitro groups is 1. The Morgan fingerprint density at radius 2 is 1.93 bits per heavy atom. The first-order valence-corrected chi connectivity index (χ1v) is 7.87. The minimum atomic E-state index is -4.57. The van der Waals surface area contributed by atoms with Gasteiger partial charge in [0, 0.05) is 26.2 Å². The Bertz CT molecular complexity index is 908. The van der Waals surface area contributed by atoms with E-state index in [0.717, 1.165) is 23.3 Å². The molecule has 0 aliphatic carbocycles. The molecular formula is C16H13ClF3N3O5. The molecule has 150 valence electrons. The summed E-state index contributed by atoms with van der Waals surface area (Å²) >= 11 is 5.84. The first-order chi connectivity index (χ1) is 13.0. The normalized spacial score (nSPS) is 10.9. The van der Waals surface area contributed by atoms with Gasteiger partial charge in [0.25, 0.3) is 5.69 Å². The Hall–Kier alpha value is -3.21. The van der Waals surface area contributed by atoms with Crippen LogP contribution in [0.25, 0.3) is 0 Å². The predicted octanol–water partition coefficient (Wildman–Crippen LogP) is 4.77. The van der Waals surface area contributed by atoms with Crippen molar-refractivity contribution in [2.45, 2.75) is 6.18 Å². The van der Waals surface area contributed by atoms with E-state index in [9.17, 15) is 28.1 Å². The second kappa shape index (κ2) is 8.21. The number of benzene rings is 2. The fraction of sp³-hybridized carbons (Fsp3) is 0.188. The van der Waals surface area contributed by atoms with E-state index in [1.165, 1.54) is 26.2 Å². The molecule has 0 saturated heterocycles. The van der Waals surface area contributed by atoms with Crippen LogP contribution in [-0.2, 0) is 11.0 Å². The van der Waals surface area contributed by atoms with Gasteiger partial charge in [-0.15, -0.1) is 0 Å². The summed E-state index contributed by atoms with van der Waals surface area (Å²) in [5.74, 6) is -0.0704. The lowest BCUT2D eigenvalue weighted by molar-refractivity contribution is -0.384. The Balaban J connectivity index is 2.35. The second-order valence-electron chi connectivity index (χ2n) is 5.28. The molecule has 0 heterocycles. The highest BCUT2D eigenvalue weighted by molar-refractivity contribution is 6.32. The molecule has 0 aromatic heterocycles. The third-order valence-corrected chi connectivity index (χ3v) is 3.69. The molecule has 12 heteroatoms. The van der Waals surface area contributed by atoms with Gasteiger partial charge < -0.3 is 14.9 Å². The first-order valence-electron chi connectivity index (χ1n) is 7.49. The summed E-state index contributed by atoms with van der Waals surface area (Å²) in [6.07, 6.45) is -5.43. The van der Waals surface area contributed by atoms with E-state index in [-0.39, 0.29) is 22.2 Å². The first kappa shape index (κ1) is 21.1. The fourth-order valence-electron chi connectivity index (χ4n) is 2.08. The summed E-state index contributed by atoms with van der Waals surface area (Å²) in [5.41, 5.74) is -1.47. The van der Waals surface area contributed by atoms with Crippen LogP contribution in [0.5, 0.6) is 11.5 Å². The van der Waals surface area contributed by atoms with Crippen LogP contribution in [0.2, 0.25) is 5.02 Å². The standard InChI is InChI=1S/C16H13ClF3N3O5/c1-21-15(24)28-22(2)13-8-10(4-5-12(13)23(25)26)27-14-6-3-9(7-11(14)17)16(18,19)20/h3-8H,1-2H3,(H,21,24). The van der Waals surface area contributed by atoms with Crippen molar-refractivity contribution in [3.63, 3.8) is 0 Å². The SMILES string of the molecule is CNC(=O)ON(C)c1cc(Oc2ccc(C(F)(F)F)cc2Cl)ccc1[N+](=O)[O-]. The number of halogens is 4. The van der Waals surface area contributed by atoms with Gasteiger partial charge in [-0.25, -0.2) is 9.86 Å². The highest BCUT2D eigenvalue weighted by Gasteiger charge is 2.31. The number of carbonyl (C=O) groups is 1. The minimum Gasteiger partial charge on any atom is -0.456 e. The molecule has 8 nitrogen and oxygen atoms in total. The lowest BCUT2D eigenvalue weighted by Gasteiger charge is -2.18. The molecule has 1 amide bonds. The molecule has 28 heavy (non-hydrogen) atoms. The summed E-state index contributed by atoms with van der Waals surface area (Å²) in [7, 11) is 2.56. The maximum atomic E-state index is 12.7. The number of alkyl halides is 3. The highest BCUT2D eigenvalue weighted by Crippen LogP contribution is 2.38. The molecule has 0 saturated carbocycles. The summed E-state index contributed by atoms with van der Waals surface area (Å²) in [6.45, 7) is 0. The van der Waals surface area contributed by atoms with E-state index in [1.54, 1.807) is 0 Å². The van der Waals surface area contributed by atoms with Gasteiger partial charge in [0.1, 0.15) is 11.5 Å². The summed E-state index contributed by atoms with van der Waals surface area (Å²) < 4.78 is 43.5. The van der Waals surface area contributed by atoms with E-state index in [4.69, 9.17) is 21.2 Å². The monoisotopic (exact) mass is 419 g/mol. The van der Waals surface area contributed by atoms with Gasteiger partial charge in [-0.3, -0.25) is 10.1 Å². The average molecular weight is 420 g/mol. The number of carbonyl (C=O) groups excluding carboxylic acids is 1. The zero-order chi connectivity index (χ0) is 21.1. The number of hydrogen-bond donors (Lipinski definition) is 1. The number of amides is 1. The third kappa shape index (κ3) is 4.94. The maximum Gasteiger partial charge on any atom is 0.431 e. The molecule has 0 aliphatic rings. The maximum absolute atomic E-state index is 12.7. The molecule has 0 spiro atoms. The lowest BCUT2D eigenvalue weighted by atomic mass is 10.2. The Kier molecular flexibility index (Phi) is 6.19. The number of anilines is 1. The van der Waals surface area contributed by atoms with Crippen LogP contribution in [0.1, 0.15) is 5.56 Å². The van der Waals surface area contributed by atoms with Gasteiger partial charge >= 0.3 is 12.3 Å². The smallest absolute Gasteiger partial charge is 0.431 e. The van der Waals surface area contributed by atoms with Crippen molar-refractivity contribution in [1.29, 1.82) is 0 Å². The molecule has 2 aromatic carbocycles. The van der Waals surface area contributed by atoms with Crippen molar-refractivity contribution in [1.82, 2.24) is 5.32 Å². The third-order valence-electron chi connectivity index (χ3n) is 3.39. The number of nitrogens with zero attached hydrogens (tertiary/aromatic N) is 2. The Labute approximate surface area is 161 Å². The summed E-state index contributed by atoms with van der Waals surface area (Å²) in [5, 5.41) is 13.9. The number of nitro benzene ring substituents is 1. The minimum absolute atomic E-state index is 0.0228. The molecule has 0 aliphatic heterocycles. The van der Waals surface area contributed by atoms with Gasteiger partial charge in [-0.05, 0) is 24.3 Å². The van der Waals surface area contributed by atoms with Crippen molar-refractivity contribution < 1.29 is 32.5 Å². The Morgan fingerprint density at radius 1 is 1.25 bits per heavy atom. The summed E-state index contributed by atoms with van der Waals surface area (Å²) in [6, 6.07) is 6.00. The van der Waals surface area contributed by atoms with Gasteiger partial charge in [-0.1, -0.05) is 11.6 Å². The number of hydroxylamine groups is 1. The van der Waals surface area contributed by atoms with Crippen LogP contribution in [0.15, 0.2) is 36.4 Å². The number of ether oxygens (including phenoxy) is 1. The quantitative estimate of drug-likeness (QED) is 0.554. The van der Waals surface area contributed by atoms with E-state index in [2.05, 4.69) is 5.32 Å². The van der Waals surface area contributed by atoms with Crippen LogP contribution in [0.3, 0.4) is 0 Å². The van der Waals surface area contributed by atoms with Gasteiger partial charge in [0.05, 0.1) is 15.5 Å². The molecule has 0 fully saturated rings. The second-order valence-corrected chi connectivity index (χ2v) is 5.69. The highest BCUT2D eigenvalue weighted by atomic mass is 35.5. The molecule has 0 radical (unpaired) electrons. The lowest BCUT2D eigenvalue weighted by Crippen LogP contribution is -2.29. The van der Waals surface area contributed by atoms with Gasteiger partial charge in [0.15, 0.2) is 5.69 Å². The van der Waals surface area contributed by atoms with Crippen molar-refractivity contribution in [3.05, 3.63) is 57.1 Å². The molecule has 0 bridgehead atoms. The van der Waals surface area contributed by atoms with Gasteiger partial charge in [-0.2, -0.15) is 13.2 Å². The fourth-order valence-corrected chi connectivity index (χ4v) is 2.30. The molecule has 1 N–H and O–H groups in total. The van der Waals surface area contributed by atoms with Crippen LogP contribution in [-0.4, -0.2) is 25.1 Å². The van der Waals surface area contributed by atoms with Crippen LogP contribution >= 0.6 is 11.6 Å². The van der Waals surface area contributed by atoms with E-state index < -0.39 is 28.4 Å². The summed E-state index contributed by atoms with van der Waals surface area (Å²) in [4.78, 5) is 26.6. The van der Waals surface area contributed by atoms with Crippen molar-refractivity contribution in [2.75, 3.05) is 19.2 Å². The molecular weight excluding hydrogens is 407 g/mol. The van der Waals surface area contributed by atoms with E-state index in [1.807, 2.05) is 0 Å². The average Bonchev–Trinajstić information content (AvgIpc) is 2.62. The zero-order valence-electron chi connectivity index (χ0n) is 14.4. The largest absolute Gasteiger partial charge is 0.456 e. The predicted molar refractivity (Wildman–Crippen MR) is 93.6 cm³/mol. The number of hydrogen-bond acceptors (Lipinski definition) is 6. The van der Waals surface area contributed by atoms with Crippen molar-refractivity contribution >= 4 is 29.1 Å². The van der Waals surface area contributed by atoms with E-state index in [0.29, 0.717) is 6.07 Å². The molecule has 0 unspecified atom stereocenters. The molecule has 2 rings (SSSR count). The topological polar surface area (TPSA) is 93.9 Å². The number of nitrogens with one attached hydrogen (secondary N) is 1. The van der Waals surface area contributed by atoms with Crippen LogP contribution in [0, 0.1) is 10.1 Å². The van der Waals surface area contributed by atoms with E-state index >= 15 is 0 Å². The zero-order valence-corrected chi connectivity index (χ0v) is 15.2. The van der Waals surface area contributed by atoms with Crippen molar-refractivity contribution in [3.8, 4) is 11.5 Å². The molecule has 2 aromatic rings. The van der Waals surface area contributed by atoms with Gasteiger partial charge in [0.2, 0.25) is 0 Å². The van der Waals surface area contributed by atoms with Crippen LogP contribution < -0.4 is 15.1 Å².